The Morgan fingerprint density at radius 1 is 1.23 bits per heavy atom. The second-order valence-electron chi connectivity index (χ2n) is 7.44. The van der Waals surface area contributed by atoms with E-state index in [0.717, 1.165) is 19.3 Å². The molecule has 1 heterocycles. The van der Waals surface area contributed by atoms with E-state index in [0.29, 0.717) is 17.8 Å². The summed E-state index contributed by atoms with van der Waals surface area (Å²) in [4.78, 5) is 20.3. The molecule has 0 spiro atoms. The third-order valence-corrected chi connectivity index (χ3v) is 6.91. The van der Waals surface area contributed by atoms with Crippen LogP contribution in [0.15, 0.2) is 12.7 Å². The molecule has 0 aromatic heterocycles. The molecule has 0 aromatic carbocycles. The van der Waals surface area contributed by atoms with E-state index >= 15 is 0 Å². The number of rotatable bonds is 6. The zero-order valence-corrected chi connectivity index (χ0v) is 13.5. The molecule has 7 heteroatoms. The third kappa shape index (κ3) is 2.32. The van der Waals surface area contributed by atoms with Crippen LogP contribution < -0.4 is 0 Å². The Morgan fingerprint density at radius 2 is 1.77 bits per heavy atom. The first-order chi connectivity index (χ1) is 10.5. The maximum Gasteiger partial charge on any atom is 0.475 e. The third-order valence-electron chi connectivity index (χ3n) is 5.91. The van der Waals surface area contributed by atoms with Gasteiger partial charge in [-0.1, -0.05) is 6.08 Å². The van der Waals surface area contributed by atoms with Crippen LogP contribution in [0.4, 0.5) is 0 Å². The predicted molar refractivity (Wildman–Crippen MR) is 77.4 cm³/mol. The Kier molecular flexibility index (Phi) is 3.57. The molecule has 2 atom stereocenters. The Balaban J connectivity index is 1.58. The van der Waals surface area contributed by atoms with Gasteiger partial charge in [0.25, 0.3) is 0 Å². The summed E-state index contributed by atoms with van der Waals surface area (Å²) in [6.45, 7) is 3.64. The lowest BCUT2D eigenvalue weighted by molar-refractivity contribution is -0.557. The van der Waals surface area contributed by atoms with Gasteiger partial charge in [-0.3, -0.25) is 4.52 Å². The Labute approximate surface area is 130 Å². The second kappa shape index (κ2) is 5.13. The monoisotopic (exact) mass is 330 g/mol. The minimum Gasteiger partial charge on any atom is -0.302 e. The van der Waals surface area contributed by atoms with E-state index in [-0.39, 0.29) is 18.6 Å². The highest BCUT2D eigenvalue weighted by Crippen LogP contribution is 2.68. The maximum absolute atomic E-state index is 12.2. The summed E-state index contributed by atoms with van der Waals surface area (Å²) >= 11 is 0. The first-order valence-electron chi connectivity index (χ1n) is 8.05. The van der Waals surface area contributed by atoms with Gasteiger partial charge >= 0.3 is 7.82 Å². The van der Waals surface area contributed by atoms with Crippen LogP contribution in [0.1, 0.15) is 38.5 Å². The lowest BCUT2D eigenvalue weighted by Gasteiger charge is -2.63. The standard InChI is InChI=1S/C15H23O6P/c1-2-3-19-22(16,17)21-15(10-18-20-15)14-7-11-4-12(8-14)6-13(5-11)9-14/h2,11-13H,1,3-10H2,(H,16,17). The molecule has 4 aliphatic carbocycles. The minimum absolute atomic E-state index is 0.0361. The van der Waals surface area contributed by atoms with E-state index in [9.17, 15) is 9.46 Å². The van der Waals surface area contributed by atoms with Gasteiger partial charge in [0.2, 0.25) is 5.79 Å². The summed E-state index contributed by atoms with van der Waals surface area (Å²) in [6.07, 6.45) is 8.22. The molecular weight excluding hydrogens is 307 g/mol. The molecule has 5 fully saturated rings. The van der Waals surface area contributed by atoms with Gasteiger partial charge in [0.15, 0.2) is 0 Å². The van der Waals surface area contributed by atoms with E-state index in [4.69, 9.17) is 18.8 Å². The predicted octanol–water partition coefficient (Wildman–Crippen LogP) is 3.18. The molecule has 0 radical (unpaired) electrons. The molecule has 1 aliphatic heterocycles. The van der Waals surface area contributed by atoms with Crippen LogP contribution in [-0.4, -0.2) is 23.9 Å². The number of phosphoric acid groups is 1. The largest absolute Gasteiger partial charge is 0.475 e. The molecule has 1 N–H and O–H groups in total. The summed E-state index contributed by atoms with van der Waals surface area (Å²) in [5, 5.41) is 0. The van der Waals surface area contributed by atoms with E-state index in [1.807, 2.05) is 0 Å². The normalized spacial score (nSPS) is 48.7. The van der Waals surface area contributed by atoms with Gasteiger partial charge in [-0.05, 0) is 56.3 Å². The van der Waals surface area contributed by atoms with Gasteiger partial charge in [-0.25, -0.2) is 14.0 Å². The van der Waals surface area contributed by atoms with E-state index < -0.39 is 13.6 Å². The fourth-order valence-corrected chi connectivity index (χ4v) is 6.48. The topological polar surface area (TPSA) is 74.2 Å². The first kappa shape index (κ1) is 15.3. The zero-order valence-electron chi connectivity index (χ0n) is 12.6. The highest BCUT2D eigenvalue weighted by Gasteiger charge is 2.68. The van der Waals surface area contributed by atoms with Crippen molar-refractivity contribution in [3.8, 4) is 0 Å². The van der Waals surface area contributed by atoms with Crippen LogP contribution in [0.25, 0.3) is 0 Å². The van der Waals surface area contributed by atoms with Crippen molar-refractivity contribution in [2.75, 3.05) is 13.2 Å². The van der Waals surface area contributed by atoms with Crippen LogP contribution in [0, 0.1) is 23.2 Å². The smallest absolute Gasteiger partial charge is 0.302 e. The Hall–Kier alpha value is -0.230. The van der Waals surface area contributed by atoms with Gasteiger partial charge in [-0.15, -0.1) is 6.58 Å². The molecule has 0 amide bonds. The quantitative estimate of drug-likeness (QED) is 0.458. The van der Waals surface area contributed by atoms with E-state index in [1.165, 1.54) is 25.3 Å². The molecule has 6 nitrogen and oxygen atoms in total. The molecule has 4 bridgehead atoms. The molecule has 5 rings (SSSR count). The molecular formula is C15H23O6P. The van der Waals surface area contributed by atoms with Gasteiger partial charge in [-0.2, -0.15) is 4.89 Å². The van der Waals surface area contributed by atoms with Crippen molar-refractivity contribution in [1.29, 1.82) is 0 Å². The van der Waals surface area contributed by atoms with Crippen molar-refractivity contribution in [3.63, 3.8) is 0 Å². The van der Waals surface area contributed by atoms with Crippen molar-refractivity contribution < 1.29 is 28.3 Å². The molecule has 22 heavy (non-hydrogen) atoms. The highest BCUT2D eigenvalue weighted by atomic mass is 31.2. The van der Waals surface area contributed by atoms with Crippen LogP contribution in [0.3, 0.4) is 0 Å². The summed E-state index contributed by atoms with van der Waals surface area (Å²) < 4.78 is 22.7. The van der Waals surface area contributed by atoms with Crippen molar-refractivity contribution in [2.24, 2.45) is 23.2 Å². The summed E-state index contributed by atoms with van der Waals surface area (Å²) in [7, 11) is -4.20. The van der Waals surface area contributed by atoms with Gasteiger partial charge < -0.3 is 4.89 Å². The average molecular weight is 330 g/mol. The number of hydrogen-bond acceptors (Lipinski definition) is 5. The molecule has 5 aliphatic rings. The lowest BCUT2D eigenvalue weighted by Crippen LogP contribution is -2.66. The minimum atomic E-state index is -4.20. The molecule has 4 saturated carbocycles. The fraction of sp³-hybridized carbons (Fsp3) is 0.867. The first-order valence-corrected chi connectivity index (χ1v) is 9.55. The Bertz CT molecular complexity index is 479. The van der Waals surface area contributed by atoms with Crippen molar-refractivity contribution in [3.05, 3.63) is 12.7 Å². The summed E-state index contributed by atoms with van der Waals surface area (Å²) in [5.41, 5.74) is -0.212. The summed E-state index contributed by atoms with van der Waals surface area (Å²) in [6, 6.07) is 0. The van der Waals surface area contributed by atoms with Gasteiger partial charge in [0, 0.05) is 5.41 Å². The molecule has 1 saturated heterocycles. The molecule has 124 valence electrons. The molecule has 0 aromatic rings. The van der Waals surface area contributed by atoms with Gasteiger partial charge in [0.05, 0.1) is 6.61 Å². The fourth-order valence-electron chi connectivity index (χ4n) is 5.48. The SMILES string of the molecule is C=CCOP(=O)(O)OC1(C23CC4CC(CC(C4)C2)C3)COO1. The number of phosphoric ester groups is 1. The van der Waals surface area contributed by atoms with Crippen LogP contribution >= 0.6 is 7.82 Å². The average Bonchev–Trinajstić information content (AvgIpc) is 2.39. The number of hydrogen-bond donors (Lipinski definition) is 1. The lowest BCUT2D eigenvalue weighted by atomic mass is 9.47. The van der Waals surface area contributed by atoms with Crippen LogP contribution in [-0.2, 0) is 23.4 Å². The Morgan fingerprint density at radius 3 is 2.18 bits per heavy atom. The van der Waals surface area contributed by atoms with E-state index in [2.05, 4.69) is 6.58 Å². The van der Waals surface area contributed by atoms with Crippen LogP contribution in [0.5, 0.6) is 0 Å². The van der Waals surface area contributed by atoms with E-state index in [1.54, 1.807) is 0 Å². The van der Waals surface area contributed by atoms with Crippen molar-refractivity contribution >= 4 is 7.82 Å². The highest BCUT2D eigenvalue weighted by molar-refractivity contribution is 7.47. The summed E-state index contributed by atoms with van der Waals surface area (Å²) in [5.74, 6) is 0.920. The zero-order chi connectivity index (χ0) is 15.4. The molecule has 2 unspecified atom stereocenters. The van der Waals surface area contributed by atoms with Gasteiger partial charge in [0.1, 0.15) is 6.61 Å². The maximum atomic E-state index is 12.2. The van der Waals surface area contributed by atoms with Crippen molar-refractivity contribution in [2.45, 2.75) is 44.3 Å². The second-order valence-corrected chi connectivity index (χ2v) is 8.82. The van der Waals surface area contributed by atoms with Crippen molar-refractivity contribution in [1.82, 2.24) is 0 Å². The van der Waals surface area contributed by atoms with Crippen LogP contribution in [0.2, 0.25) is 0 Å².